The fourth-order valence-corrected chi connectivity index (χ4v) is 2.39. The Hall–Kier alpha value is -2.40. The number of aromatic hydroxyl groups is 1. The first-order valence-corrected chi connectivity index (χ1v) is 6.96. The zero-order valence-corrected chi connectivity index (χ0v) is 13.2. The third kappa shape index (κ3) is 2.55. The van der Waals surface area contributed by atoms with Crippen molar-refractivity contribution in [2.24, 2.45) is 0 Å². The minimum atomic E-state index is -0.469. The summed E-state index contributed by atoms with van der Waals surface area (Å²) in [5.41, 5.74) is 1.54. The number of phenolic OH excluding ortho intramolecular Hbond substituents is 1. The van der Waals surface area contributed by atoms with Crippen molar-refractivity contribution in [2.45, 2.75) is 13.8 Å². The molecule has 1 N–H and O–H groups in total. The van der Waals surface area contributed by atoms with Gasteiger partial charge in [-0.15, -0.1) is 0 Å². The highest BCUT2D eigenvalue weighted by Crippen LogP contribution is 2.47. The molecule has 22 heavy (non-hydrogen) atoms. The highest BCUT2D eigenvalue weighted by molar-refractivity contribution is 6.37. The van der Waals surface area contributed by atoms with Gasteiger partial charge in [0.1, 0.15) is 27.9 Å². The molecule has 0 aliphatic carbocycles. The summed E-state index contributed by atoms with van der Waals surface area (Å²) in [6, 6.07) is 8.97. The summed E-state index contributed by atoms with van der Waals surface area (Å²) in [5, 5.41) is 27.9. The molecular formula is C16H10Cl2N2O2. The number of nitrogens with zero attached hydrogens (tertiary/aromatic N) is 2. The van der Waals surface area contributed by atoms with Gasteiger partial charge in [-0.05, 0) is 31.0 Å². The Bertz CT molecular complexity index is 849. The van der Waals surface area contributed by atoms with Crippen molar-refractivity contribution < 1.29 is 9.84 Å². The van der Waals surface area contributed by atoms with E-state index in [0.29, 0.717) is 5.75 Å². The van der Waals surface area contributed by atoms with E-state index >= 15 is 0 Å². The van der Waals surface area contributed by atoms with Gasteiger partial charge in [-0.3, -0.25) is 0 Å². The Morgan fingerprint density at radius 3 is 2.23 bits per heavy atom. The maximum Gasteiger partial charge on any atom is 0.190 e. The van der Waals surface area contributed by atoms with Crippen LogP contribution in [0.25, 0.3) is 0 Å². The van der Waals surface area contributed by atoms with E-state index in [1.165, 1.54) is 0 Å². The van der Waals surface area contributed by atoms with Crippen LogP contribution in [0.5, 0.6) is 17.2 Å². The molecule has 6 heteroatoms. The van der Waals surface area contributed by atoms with Crippen molar-refractivity contribution in [2.75, 3.05) is 0 Å². The smallest absolute Gasteiger partial charge is 0.190 e. The molecule has 2 aromatic rings. The summed E-state index contributed by atoms with van der Waals surface area (Å²) in [6.45, 7) is 3.77. The number of aryl methyl sites for hydroxylation is 1. The van der Waals surface area contributed by atoms with Gasteiger partial charge in [-0.2, -0.15) is 10.5 Å². The Morgan fingerprint density at radius 1 is 1.05 bits per heavy atom. The molecule has 0 radical (unpaired) electrons. The second kappa shape index (κ2) is 6.15. The molecule has 2 aromatic carbocycles. The van der Waals surface area contributed by atoms with Crippen LogP contribution in [0.1, 0.15) is 22.3 Å². The number of hydrogen-bond acceptors (Lipinski definition) is 4. The average molecular weight is 333 g/mol. The molecule has 2 rings (SSSR count). The highest BCUT2D eigenvalue weighted by atomic mass is 35.5. The number of hydrogen-bond donors (Lipinski definition) is 1. The molecule has 0 fully saturated rings. The predicted molar refractivity (Wildman–Crippen MR) is 83.5 cm³/mol. The lowest BCUT2D eigenvalue weighted by atomic mass is 10.1. The summed E-state index contributed by atoms with van der Waals surface area (Å²) < 4.78 is 5.65. The fourth-order valence-electron chi connectivity index (χ4n) is 1.90. The minimum Gasteiger partial charge on any atom is -0.503 e. The van der Waals surface area contributed by atoms with E-state index in [0.717, 1.165) is 11.1 Å². The Morgan fingerprint density at radius 2 is 1.64 bits per heavy atom. The molecule has 4 nitrogen and oxygen atoms in total. The lowest BCUT2D eigenvalue weighted by Gasteiger charge is -2.15. The molecular weight excluding hydrogens is 323 g/mol. The SMILES string of the molecule is Cc1cccc(Oc2c(O)c(Cl)c(C#N)c(C#N)c2Cl)c1C. The lowest BCUT2D eigenvalue weighted by molar-refractivity contribution is 0.410. The number of halogens is 2. The van der Waals surface area contributed by atoms with Crippen LogP contribution in [0.2, 0.25) is 10.0 Å². The lowest BCUT2D eigenvalue weighted by Crippen LogP contribution is -1.96. The van der Waals surface area contributed by atoms with Crippen LogP contribution in [0.3, 0.4) is 0 Å². The molecule has 0 aromatic heterocycles. The molecule has 0 unspecified atom stereocenters. The number of rotatable bonds is 2. The average Bonchev–Trinajstić information content (AvgIpc) is 2.51. The van der Waals surface area contributed by atoms with Crippen LogP contribution in [-0.2, 0) is 0 Å². The summed E-state index contributed by atoms with van der Waals surface area (Å²) in [6.07, 6.45) is 0. The number of nitriles is 2. The monoisotopic (exact) mass is 332 g/mol. The van der Waals surface area contributed by atoms with Crippen LogP contribution in [0, 0.1) is 36.5 Å². The van der Waals surface area contributed by atoms with Gasteiger partial charge in [0, 0.05) is 0 Å². The van der Waals surface area contributed by atoms with Crippen molar-refractivity contribution in [1.29, 1.82) is 10.5 Å². The van der Waals surface area contributed by atoms with Crippen LogP contribution in [-0.4, -0.2) is 5.11 Å². The molecule has 0 aliphatic heterocycles. The second-order valence-electron chi connectivity index (χ2n) is 4.58. The van der Waals surface area contributed by atoms with Crippen molar-refractivity contribution in [3.63, 3.8) is 0 Å². The summed E-state index contributed by atoms with van der Waals surface area (Å²) in [7, 11) is 0. The summed E-state index contributed by atoms with van der Waals surface area (Å²) in [5.74, 6) is -0.138. The molecule has 110 valence electrons. The van der Waals surface area contributed by atoms with E-state index in [1.807, 2.05) is 19.9 Å². The third-order valence-electron chi connectivity index (χ3n) is 3.30. The van der Waals surface area contributed by atoms with Gasteiger partial charge in [-0.1, -0.05) is 35.3 Å². The molecule has 0 amide bonds. The van der Waals surface area contributed by atoms with Crippen molar-refractivity contribution in [1.82, 2.24) is 0 Å². The van der Waals surface area contributed by atoms with Gasteiger partial charge < -0.3 is 9.84 Å². The van der Waals surface area contributed by atoms with Gasteiger partial charge in [0.15, 0.2) is 11.5 Å². The van der Waals surface area contributed by atoms with Gasteiger partial charge >= 0.3 is 0 Å². The second-order valence-corrected chi connectivity index (χ2v) is 5.34. The first-order valence-electron chi connectivity index (χ1n) is 6.20. The summed E-state index contributed by atoms with van der Waals surface area (Å²) in [4.78, 5) is 0. The quantitative estimate of drug-likeness (QED) is 0.852. The maximum absolute atomic E-state index is 10.1. The summed E-state index contributed by atoms with van der Waals surface area (Å²) >= 11 is 12.0. The van der Waals surface area contributed by atoms with E-state index in [1.54, 1.807) is 24.3 Å². The van der Waals surface area contributed by atoms with Gasteiger partial charge in [-0.25, -0.2) is 0 Å². The predicted octanol–water partition coefficient (Wildman–Crippen LogP) is 4.85. The van der Waals surface area contributed by atoms with Crippen molar-refractivity contribution >= 4 is 23.2 Å². The van der Waals surface area contributed by atoms with E-state index < -0.39 is 5.75 Å². The number of ether oxygens (including phenoxy) is 1. The van der Waals surface area contributed by atoms with Crippen LogP contribution in [0.15, 0.2) is 18.2 Å². The standard InChI is InChI=1S/C16H10Cl2N2O2/c1-8-4-3-5-12(9(8)2)22-16-14(18)11(7-20)10(6-19)13(17)15(16)21/h3-5,21H,1-2H3. The Labute approximate surface area is 137 Å². The van der Waals surface area contributed by atoms with E-state index in [9.17, 15) is 5.11 Å². The Kier molecular flexibility index (Phi) is 4.47. The topological polar surface area (TPSA) is 77.0 Å². The first kappa shape index (κ1) is 16.0. The molecule has 0 saturated carbocycles. The minimum absolute atomic E-state index is 0.132. The molecule has 0 aliphatic rings. The Balaban J connectivity index is 2.68. The van der Waals surface area contributed by atoms with Crippen molar-refractivity contribution in [3.8, 4) is 29.4 Å². The largest absolute Gasteiger partial charge is 0.503 e. The van der Waals surface area contributed by atoms with Gasteiger partial charge in [0.05, 0.1) is 11.1 Å². The zero-order chi connectivity index (χ0) is 16.4. The molecule has 0 bridgehead atoms. The van der Waals surface area contributed by atoms with Crippen molar-refractivity contribution in [3.05, 3.63) is 50.5 Å². The van der Waals surface area contributed by atoms with Crippen LogP contribution >= 0.6 is 23.2 Å². The fraction of sp³-hybridized carbons (Fsp3) is 0.125. The molecule has 0 spiro atoms. The maximum atomic E-state index is 10.1. The third-order valence-corrected chi connectivity index (χ3v) is 4.03. The van der Waals surface area contributed by atoms with Gasteiger partial charge in [0.25, 0.3) is 0 Å². The van der Waals surface area contributed by atoms with E-state index in [2.05, 4.69) is 0 Å². The molecule has 0 heterocycles. The van der Waals surface area contributed by atoms with Crippen LogP contribution in [0.4, 0.5) is 0 Å². The first-order chi connectivity index (χ1) is 10.4. The molecule has 0 atom stereocenters. The van der Waals surface area contributed by atoms with E-state index in [4.69, 9.17) is 38.5 Å². The normalized spacial score (nSPS) is 9.91. The molecule has 0 saturated heterocycles. The highest BCUT2D eigenvalue weighted by Gasteiger charge is 2.24. The zero-order valence-electron chi connectivity index (χ0n) is 11.7. The van der Waals surface area contributed by atoms with Crippen LogP contribution < -0.4 is 4.74 Å². The number of benzene rings is 2. The number of phenols is 1. The van der Waals surface area contributed by atoms with E-state index in [-0.39, 0.29) is 26.9 Å². The van der Waals surface area contributed by atoms with Gasteiger partial charge in [0.2, 0.25) is 0 Å².